The smallest absolute Gasteiger partial charge is 0.220 e. The van der Waals surface area contributed by atoms with Crippen LogP contribution in [0, 0.1) is 19.8 Å². The molecule has 5 nitrogen and oxygen atoms in total. The van der Waals surface area contributed by atoms with Gasteiger partial charge in [0.1, 0.15) is 11.8 Å². The van der Waals surface area contributed by atoms with Crippen molar-refractivity contribution in [3.63, 3.8) is 0 Å². The number of nitrogens with zero attached hydrogens (tertiary/aromatic N) is 2. The van der Waals surface area contributed by atoms with Crippen molar-refractivity contribution in [3.8, 4) is 0 Å². The molecule has 0 bridgehead atoms. The lowest BCUT2D eigenvalue weighted by Crippen LogP contribution is -2.32. The molecule has 1 fully saturated rings. The zero-order chi connectivity index (χ0) is 14.8. The van der Waals surface area contributed by atoms with E-state index in [0.29, 0.717) is 18.9 Å². The molecule has 0 aromatic carbocycles. The molecule has 112 valence electrons. The predicted molar refractivity (Wildman–Crippen MR) is 78.9 cm³/mol. The summed E-state index contributed by atoms with van der Waals surface area (Å²) >= 11 is 0. The molecule has 1 saturated carbocycles. The van der Waals surface area contributed by atoms with Gasteiger partial charge in [0.2, 0.25) is 5.91 Å². The standard InChI is InChI=1S/C16H21N3O2/c1-11-8-12(2)19(18-11)14(15-4-3-7-21-15)10-17-16(20)9-13-5-6-13/h3-4,7-8,13-14H,5-6,9-10H2,1-2H3,(H,17,20). The maximum absolute atomic E-state index is 11.9. The number of carbonyl (C=O) groups excluding carboxylic acids is 1. The first-order valence-electron chi connectivity index (χ1n) is 7.46. The average Bonchev–Trinajstić information content (AvgIpc) is 2.96. The molecule has 1 aliphatic carbocycles. The van der Waals surface area contributed by atoms with E-state index in [4.69, 9.17) is 4.42 Å². The van der Waals surface area contributed by atoms with Crippen molar-refractivity contribution < 1.29 is 9.21 Å². The van der Waals surface area contributed by atoms with Gasteiger partial charge >= 0.3 is 0 Å². The van der Waals surface area contributed by atoms with Gasteiger partial charge in [0.05, 0.1) is 12.0 Å². The fourth-order valence-electron chi connectivity index (χ4n) is 2.62. The summed E-state index contributed by atoms with van der Waals surface area (Å²) < 4.78 is 7.45. The van der Waals surface area contributed by atoms with Crippen molar-refractivity contribution in [2.45, 2.75) is 39.2 Å². The van der Waals surface area contributed by atoms with Crippen LogP contribution in [0.25, 0.3) is 0 Å². The third-order valence-electron chi connectivity index (χ3n) is 3.88. The highest BCUT2D eigenvalue weighted by Crippen LogP contribution is 2.32. The number of hydrogen-bond donors (Lipinski definition) is 1. The van der Waals surface area contributed by atoms with Crippen LogP contribution in [0.3, 0.4) is 0 Å². The van der Waals surface area contributed by atoms with E-state index in [1.807, 2.05) is 36.7 Å². The number of nitrogens with one attached hydrogen (secondary N) is 1. The highest BCUT2D eigenvalue weighted by molar-refractivity contribution is 5.76. The van der Waals surface area contributed by atoms with Crippen LogP contribution in [0.4, 0.5) is 0 Å². The first-order valence-corrected chi connectivity index (χ1v) is 7.46. The van der Waals surface area contributed by atoms with E-state index in [0.717, 1.165) is 17.1 Å². The Kier molecular flexibility index (Phi) is 3.82. The molecule has 1 amide bonds. The summed E-state index contributed by atoms with van der Waals surface area (Å²) in [5.41, 5.74) is 2.03. The molecule has 0 saturated heterocycles. The third kappa shape index (κ3) is 3.35. The van der Waals surface area contributed by atoms with Gasteiger partial charge in [-0.05, 0) is 50.8 Å². The Morgan fingerprint density at radius 3 is 2.90 bits per heavy atom. The number of aryl methyl sites for hydroxylation is 2. The largest absolute Gasteiger partial charge is 0.467 e. The molecule has 1 N–H and O–H groups in total. The predicted octanol–water partition coefficient (Wildman–Crippen LogP) is 2.60. The number of furan rings is 1. The summed E-state index contributed by atoms with van der Waals surface area (Å²) in [5.74, 6) is 1.53. The number of hydrogen-bond acceptors (Lipinski definition) is 3. The molecule has 1 aliphatic rings. The summed E-state index contributed by atoms with van der Waals surface area (Å²) in [7, 11) is 0. The molecule has 5 heteroatoms. The number of amides is 1. The Morgan fingerprint density at radius 1 is 1.52 bits per heavy atom. The van der Waals surface area contributed by atoms with Crippen molar-refractivity contribution in [2.24, 2.45) is 5.92 Å². The molecule has 0 aliphatic heterocycles. The van der Waals surface area contributed by atoms with Crippen molar-refractivity contribution in [2.75, 3.05) is 6.54 Å². The van der Waals surface area contributed by atoms with E-state index in [-0.39, 0.29) is 11.9 Å². The summed E-state index contributed by atoms with van der Waals surface area (Å²) in [6, 6.07) is 5.72. The Balaban J connectivity index is 1.73. The molecule has 3 rings (SSSR count). The number of rotatable bonds is 6. The van der Waals surface area contributed by atoms with E-state index in [1.54, 1.807) is 6.26 Å². The van der Waals surface area contributed by atoms with Crippen LogP contribution in [0.15, 0.2) is 28.9 Å². The van der Waals surface area contributed by atoms with Crippen molar-refractivity contribution in [3.05, 3.63) is 41.6 Å². The maximum Gasteiger partial charge on any atom is 0.220 e. The molecule has 0 spiro atoms. The fraction of sp³-hybridized carbons (Fsp3) is 0.500. The molecule has 0 radical (unpaired) electrons. The topological polar surface area (TPSA) is 60.1 Å². The monoisotopic (exact) mass is 287 g/mol. The van der Waals surface area contributed by atoms with E-state index < -0.39 is 0 Å². The number of carbonyl (C=O) groups is 1. The molecular formula is C16H21N3O2. The number of aromatic nitrogens is 2. The fourth-order valence-corrected chi connectivity index (χ4v) is 2.62. The van der Waals surface area contributed by atoms with Gasteiger partial charge in [0.15, 0.2) is 0 Å². The lowest BCUT2D eigenvalue weighted by molar-refractivity contribution is -0.121. The van der Waals surface area contributed by atoms with Gasteiger partial charge in [-0.15, -0.1) is 0 Å². The van der Waals surface area contributed by atoms with Crippen molar-refractivity contribution in [1.29, 1.82) is 0 Å². The van der Waals surface area contributed by atoms with Gasteiger partial charge in [0.25, 0.3) is 0 Å². The van der Waals surface area contributed by atoms with Crippen molar-refractivity contribution in [1.82, 2.24) is 15.1 Å². The SMILES string of the molecule is Cc1cc(C)n(C(CNC(=O)CC2CC2)c2ccco2)n1. The van der Waals surface area contributed by atoms with Crippen LogP contribution in [-0.4, -0.2) is 22.2 Å². The highest BCUT2D eigenvalue weighted by Gasteiger charge is 2.25. The highest BCUT2D eigenvalue weighted by atomic mass is 16.3. The van der Waals surface area contributed by atoms with Gasteiger partial charge in [-0.25, -0.2) is 0 Å². The minimum Gasteiger partial charge on any atom is -0.467 e. The van der Waals surface area contributed by atoms with Gasteiger partial charge < -0.3 is 9.73 Å². The van der Waals surface area contributed by atoms with Gasteiger partial charge in [0, 0.05) is 18.7 Å². The molecule has 2 aromatic rings. The lowest BCUT2D eigenvalue weighted by Gasteiger charge is -2.18. The van der Waals surface area contributed by atoms with Gasteiger partial charge in [-0.1, -0.05) is 0 Å². The van der Waals surface area contributed by atoms with Gasteiger partial charge in [-0.3, -0.25) is 9.48 Å². The lowest BCUT2D eigenvalue weighted by atomic mass is 10.2. The minimum atomic E-state index is -0.100. The Labute approximate surface area is 124 Å². The molecule has 1 atom stereocenters. The van der Waals surface area contributed by atoms with Crippen LogP contribution in [-0.2, 0) is 4.79 Å². The summed E-state index contributed by atoms with van der Waals surface area (Å²) in [5, 5.41) is 7.54. The van der Waals surface area contributed by atoms with E-state index in [2.05, 4.69) is 10.4 Å². The first kappa shape index (κ1) is 13.9. The van der Waals surface area contributed by atoms with Crippen molar-refractivity contribution >= 4 is 5.91 Å². The third-order valence-corrected chi connectivity index (χ3v) is 3.88. The molecule has 2 heterocycles. The molecule has 2 aromatic heterocycles. The summed E-state index contributed by atoms with van der Waals surface area (Å²) in [4.78, 5) is 11.9. The summed E-state index contributed by atoms with van der Waals surface area (Å²) in [6.07, 6.45) is 4.67. The quantitative estimate of drug-likeness (QED) is 0.888. The second-order valence-corrected chi connectivity index (χ2v) is 5.85. The van der Waals surface area contributed by atoms with E-state index in [9.17, 15) is 4.79 Å². The van der Waals surface area contributed by atoms with Crippen LogP contribution in [0.5, 0.6) is 0 Å². The zero-order valence-electron chi connectivity index (χ0n) is 12.5. The average molecular weight is 287 g/mol. The minimum absolute atomic E-state index is 0.100. The van der Waals surface area contributed by atoms with E-state index in [1.165, 1.54) is 12.8 Å². The second-order valence-electron chi connectivity index (χ2n) is 5.85. The molecule has 21 heavy (non-hydrogen) atoms. The second kappa shape index (κ2) is 5.76. The van der Waals surface area contributed by atoms with Crippen LogP contribution >= 0.6 is 0 Å². The Bertz CT molecular complexity index is 612. The van der Waals surface area contributed by atoms with E-state index >= 15 is 0 Å². The van der Waals surface area contributed by atoms with Crippen LogP contribution < -0.4 is 5.32 Å². The Morgan fingerprint density at radius 2 is 2.33 bits per heavy atom. The summed E-state index contributed by atoms with van der Waals surface area (Å²) in [6.45, 7) is 4.48. The maximum atomic E-state index is 11.9. The van der Waals surface area contributed by atoms with Gasteiger partial charge in [-0.2, -0.15) is 5.10 Å². The molecular weight excluding hydrogens is 266 g/mol. The van der Waals surface area contributed by atoms with Crippen LogP contribution in [0.2, 0.25) is 0 Å². The van der Waals surface area contributed by atoms with Crippen LogP contribution in [0.1, 0.15) is 42.5 Å². The zero-order valence-corrected chi connectivity index (χ0v) is 12.5. The molecule has 1 unspecified atom stereocenters. The Hall–Kier alpha value is -2.04. The normalized spacial score (nSPS) is 15.9. The first-order chi connectivity index (χ1) is 10.1.